The molecule has 0 bridgehead atoms. The molecule has 0 radical (unpaired) electrons. The first-order chi connectivity index (χ1) is 9.30. The van der Waals surface area contributed by atoms with Crippen molar-refractivity contribution >= 4 is 19.8 Å². The largest absolute Gasteiger partial charge is 0.472 e. The monoisotopic (exact) mass is 313 g/mol. The second-order valence-corrected chi connectivity index (χ2v) is 5.11. The number of esters is 2. The van der Waals surface area contributed by atoms with Crippen LogP contribution in [0.25, 0.3) is 0 Å². The molecule has 2 atom stereocenters. The van der Waals surface area contributed by atoms with Gasteiger partial charge in [0.05, 0.1) is 13.2 Å². The van der Waals surface area contributed by atoms with Crippen molar-refractivity contribution in [2.45, 2.75) is 26.4 Å². The molecule has 9 nitrogen and oxygen atoms in total. The molecule has 0 saturated heterocycles. The molecule has 1 unspecified atom stereocenters. The van der Waals surface area contributed by atoms with Crippen molar-refractivity contribution in [1.82, 2.24) is 0 Å². The maximum Gasteiger partial charge on any atom is 0.472 e. The van der Waals surface area contributed by atoms with Crippen LogP contribution in [-0.4, -0.2) is 49.3 Å². The topological polar surface area (TPSA) is 134 Å². The van der Waals surface area contributed by atoms with Gasteiger partial charge in [-0.05, 0) is 0 Å². The van der Waals surface area contributed by atoms with Crippen LogP contribution < -0.4 is 5.73 Å². The predicted octanol–water partition coefficient (Wildman–Crippen LogP) is -0.0364. The molecule has 3 N–H and O–H groups in total. The van der Waals surface area contributed by atoms with Crippen LogP contribution in [0, 0.1) is 0 Å². The van der Waals surface area contributed by atoms with Gasteiger partial charge < -0.3 is 20.1 Å². The van der Waals surface area contributed by atoms with Crippen molar-refractivity contribution in [3.8, 4) is 0 Å². The Bertz CT molecular complexity index is 361. The van der Waals surface area contributed by atoms with Crippen molar-refractivity contribution in [1.29, 1.82) is 0 Å². The van der Waals surface area contributed by atoms with E-state index in [1.807, 2.05) is 0 Å². The summed E-state index contributed by atoms with van der Waals surface area (Å²) in [5, 5.41) is 0. The molecule has 0 aliphatic rings. The Morgan fingerprint density at radius 3 is 2.45 bits per heavy atom. The van der Waals surface area contributed by atoms with Gasteiger partial charge in [-0.3, -0.25) is 18.6 Å². The van der Waals surface area contributed by atoms with Crippen molar-refractivity contribution in [2.24, 2.45) is 5.73 Å². The summed E-state index contributed by atoms with van der Waals surface area (Å²) in [4.78, 5) is 31.1. The normalized spacial score (nSPS) is 15.2. The molecule has 0 aromatic carbocycles. The van der Waals surface area contributed by atoms with E-state index in [0.717, 1.165) is 6.92 Å². The lowest BCUT2D eigenvalue weighted by atomic mass is 10.4. The lowest BCUT2D eigenvalue weighted by molar-refractivity contribution is -0.159. The van der Waals surface area contributed by atoms with Crippen molar-refractivity contribution in [3.05, 3.63) is 0 Å². The Morgan fingerprint density at radius 2 is 1.95 bits per heavy atom. The molecular weight excluding hydrogens is 293 g/mol. The van der Waals surface area contributed by atoms with E-state index in [4.69, 9.17) is 15.2 Å². The number of carbonyl (C=O) groups is 2. The summed E-state index contributed by atoms with van der Waals surface area (Å²) < 4.78 is 30.1. The maximum atomic E-state index is 11.4. The van der Waals surface area contributed by atoms with E-state index in [1.54, 1.807) is 6.92 Å². The van der Waals surface area contributed by atoms with Gasteiger partial charge in [0.25, 0.3) is 0 Å². The predicted molar refractivity (Wildman–Crippen MR) is 67.6 cm³/mol. The fourth-order valence-electron chi connectivity index (χ4n) is 1.02. The second-order valence-electron chi connectivity index (χ2n) is 3.65. The highest BCUT2D eigenvalue weighted by Crippen LogP contribution is 2.42. The molecule has 0 amide bonds. The lowest BCUT2D eigenvalue weighted by Crippen LogP contribution is -2.28. The molecule has 0 heterocycles. The third kappa shape index (κ3) is 9.88. The Balaban J connectivity index is 4.31. The summed E-state index contributed by atoms with van der Waals surface area (Å²) >= 11 is 0. The smallest absolute Gasteiger partial charge is 0.462 e. The van der Waals surface area contributed by atoms with Gasteiger partial charge in [0.15, 0.2) is 6.10 Å². The number of carbonyl (C=O) groups excluding carboxylic acids is 2. The van der Waals surface area contributed by atoms with Crippen molar-refractivity contribution < 1.29 is 37.6 Å². The fraction of sp³-hybridized carbons (Fsp3) is 0.800. The van der Waals surface area contributed by atoms with Crippen LogP contribution in [0.4, 0.5) is 0 Å². The number of hydrogen-bond acceptors (Lipinski definition) is 8. The molecular formula is C10H20NO8P. The van der Waals surface area contributed by atoms with Crippen LogP contribution in [-0.2, 0) is 32.7 Å². The maximum absolute atomic E-state index is 11.4. The number of phosphoric ester groups is 1. The van der Waals surface area contributed by atoms with Gasteiger partial charge in [0.1, 0.15) is 6.61 Å². The van der Waals surface area contributed by atoms with Gasteiger partial charge in [-0.1, -0.05) is 6.92 Å². The zero-order valence-corrected chi connectivity index (χ0v) is 12.3. The second kappa shape index (κ2) is 9.84. The van der Waals surface area contributed by atoms with E-state index < -0.39 is 32.5 Å². The van der Waals surface area contributed by atoms with Gasteiger partial charge in [-0.25, -0.2) is 4.57 Å². The molecule has 20 heavy (non-hydrogen) atoms. The first kappa shape index (κ1) is 19.0. The minimum Gasteiger partial charge on any atom is -0.462 e. The third-order valence-corrected chi connectivity index (χ3v) is 2.83. The van der Waals surface area contributed by atoms with Crippen LogP contribution in [0.1, 0.15) is 20.3 Å². The average Bonchev–Trinajstić information content (AvgIpc) is 2.38. The molecule has 0 aromatic rings. The summed E-state index contributed by atoms with van der Waals surface area (Å²) in [5.74, 6) is -1.13. The average molecular weight is 313 g/mol. The van der Waals surface area contributed by atoms with Crippen LogP contribution in [0.5, 0.6) is 0 Å². The van der Waals surface area contributed by atoms with Crippen LogP contribution in [0.3, 0.4) is 0 Å². The van der Waals surface area contributed by atoms with E-state index in [-0.39, 0.29) is 26.2 Å². The molecule has 0 spiro atoms. The van der Waals surface area contributed by atoms with E-state index >= 15 is 0 Å². The van der Waals surface area contributed by atoms with Crippen LogP contribution in [0.2, 0.25) is 0 Å². The highest BCUT2D eigenvalue weighted by atomic mass is 31.2. The van der Waals surface area contributed by atoms with Gasteiger partial charge >= 0.3 is 19.8 Å². The molecule has 10 heteroatoms. The van der Waals surface area contributed by atoms with E-state index in [0.29, 0.717) is 0 Å². The number of nitrogens with two attached hydrogens (primary N) is 1. The van der Waals surface area contributed by atoms with E-state index in [2.05, 4.69) is 9.05 Å². The highest BCUT2D eigenvalue weighted by molar-refractivity contribution is 7.47. The Kier molecular flexibility index (Phi) is 9.35. The minimum absolute atomic E-state index is 0.0510. The highest BCUT2D eigenvalue weighted by Gasteiger charge is 2.25. The molecule has 0 saturated carbocycles. The van der Waals surface area contributed by atoms with E-state index in [9.17, 15) is 19.0 Å². The molecule has 0 fully saturated rings. The molecule has 0 aromatic heterocycles. The summed E-state index contributed by atoms with van der Waals surface area (Å²) in [6.07, 6.45) is -0.837. The van der Waals surface area contributed by atoms with Gasteiger partial charge in [0.2, 0.25) is 0 Å². The quantitative estimate of drug-likeness (QED) is 0.421. The molecule has 118 valence electrons. The molecule has 0 aliphatic heterocycles. The first-order valence-corrected chi connectivity index (χ1v) is 7.45. The van der Waals surface area contributed by atoms with Crippen molar-refractivity contribution in [2.75, 3.05) is 26.4 Å². The van der Waals surface area contributed by atoms with Crippen LogP contribution in [0.15, 0.2) is 0 Å². The minimum atomic E-state index is -4.27. The number of ether oxygens (including phenoxy) is 2. The van der Waals surface area contributed by atoms with Gasteiger partial charge in [-0.15, -0.1) is 0 Å². The summed E-state index contributed by atoms with van der Waals surface area (Å²) in [6.45, 7) is 1.92. The Morgan fingerprint density at radius 1 is 1.30 bits per heavy atom. The summed E-state index contributed by atoms with van der Waals surface area (Å²) in [6, 6.07) is 0. The number of phosphoric acid groups is 1. The zero-order chi connectivity index (χ0) is 15.6. The van der Waals surface area contributed by atoms with Gasteiger partial charge in [-0.2, -0.15) is 0 Å². The summed E-state index contributed by atoms with van der Waals surface area (Å²) in [5.41, 5.74) is 5.11. The molecule has 0 aliphatic carbocycles. The third-order valence-electron chi connectivity index (χ3n) is 1.85. The SMILES string of the molecule is CCC(=O)OC[C@H](COP(=O)(O)OCCN)OC(C)=O. The van der Waals surface area contributed by atoms with Crippen LogP contribution >= 0.6 is 7.82 Å². The zero-order valence-electron chi connectivity index (χ0n) is 11.4. The van der Waals surface area contributed by atoms with E-state index in [1.165, 1.54) is 0 Å². The Labute approximate surface area is 116 Å². The fourth-order valence-corrected chi connectivity index (χ4v) is 1.79. The first-order valence-electron chi connectivity index (χ1n) is 5.95. The standard InChI is InChI=1S/C10H20NO8P/c1-3-10(13)16-6-9(19-8(2)12)7-18-20(14,15)17-5-4-11/h9H,3-7,11H2,1-2H3,(H,14,15)/t9-/m1/s1. The number of rotatable bonds is 10. The summed E-state index contributed by atoms with van der Waals surface area (Å²) in [7, 11) is -4.27. The lowest BCUT2D eigenvalue weighted by Gasteiger charge is -2.18. The Hall–Kier alpha value is -0.990. The molecule has 0 rings (SSSR count). The van der Waals surface area contributed by atoms with Gasteiger partial charge in [0, 0.05) is 19.9 Å². The number of hydrogen-bond donors (Lipinski definition) is 2. The van der Waals surface area contributed by atoms with Crippen molar-refractivity contribution in [3.63, 3.8) is 0 Å².